The Kier molecular flexibility index (Phi) is 20.0. The van der Waals surface area contributed by atoms with E-state index in [1.165, 1.54) is 44.5 Å². The number of H-pyrrole nitrogens is 1. The molecule has 0 amide bonds. The minimum absolute atomic E-state index is 0.0593. The molecule has 102 heavy (non-hydrogen) atoms. The minimum atomic E-state index is -0.129. The maximum Gasteiger partial charge on any atom is 0.197 e. The molecular formula is C94H112N2O6. The third-order valence-electron chi connectivity index (χ3n) is 20.1. The predicted octanol–water partition coefficient (Wildman–Crippen LogP) is 23.5. The number of aromatic nitrogens is 2. The number of hydrogen-bond acceptors (Lipinski definition) is 6. The Balaban J connectivity index is 1.01. The van der Waals surface area contributed by atoms with Crippen LogP contribution in [0.5, 0.6) is 23.0 Å². The van der Waals surface area contributed by atoms with Crippen molar-refractivity contribution in [1.82, 2.24) is 9.55 Å². The zero-order chi connectivity index (χ0) is 74.2. The van der Waals surface area contributed by atoms with Crippen molar-refractivity contribution in [2.75, 3.05) is 0 Å². The van der Waals surface area contributed by atoms with Crippen LogP contribution in [0.3, 0.4) is 0 Å². The van der Waals surface area contributed by atoms with Crippen molar-refractivity contribution >= 4 is 43.6 Å². The molecule has 0 fully saturated rings. The van der Waals surface area contributed by atoms with Gasteiger partial charge in [-0.05, 0) is 188 Å². The number of pyridine rings is 2. The lowest BCUT2D eigenvalue weighted by atomic mass is 9.79. The van der Waals surface area contributed by atoms with Crippen LogP contribution in [0.1, 0.15) is 250 Å². The highest BCUT2D eigenvalue weighted by Crippen LogP contribution is 2.39. The highest BCUT2D eigenvalue weighted by Gasteiger charge is 2.27. The van der Waals surface area contributed by atoms with E-state index in [9.17, 15) is 4.79 Å². The lowest BCUT2D eigenvalue weighted by molar-refractivity contribution is 0.288. The number of fused-ring (bicyclic) bond motifs is 4. The summed E-state index contributed by atoms with van der Waals surface area (Å²) in [4.78, 5) is 34.4. The number of benzene rings is 9. The zero-order valence-electron chi connectivity index (χ0n) is 65.7. The third-order valence-corrected chi connectivity index (χ3v) is 20.1. The Labute approximate surface area is 608 Å². The van der Waals surface area contributed by atoms with Gasteiger partial charge in [0, 0.05) is 40.2 Å². The summed E-state index contributed by atoms with van der Waals surface area (Å²) in [5.74, 6) is 2.67. The Morgan fingerprint density at radius 1 is 0.294 bits per heavy atom. The Morgan fingerprint density at radius 3 is 0.990 bits per heavy atom. The summed E-state index contributed by atoms with van der Waals surface area (Å²) < 4.78 is 29.8. The second kappa shape index (κ2) is 27.4. The first-order chi connectivity index (χ1) is 47.3. The summed E-state index contributed by atoms with van der Waals surface area (Å²) in [5, 5.41) is 2.14. The van der Waals surface area contributed by atoms with E-state index in [4.69, 9.17) is 18.9 Å². The highest BCUT2D eigenvalue weighted by atomic mass is 16.5. The van der Waals surface area contributed by atoms with Gasteiger partial charge in [0.15, 0.2) is 10.9 Å². The van der Waals surface area contributed by atoms with E-state index in [0.717, 1.165) is 44.5 Å². The molecular weight excluding hydrogens is 1250 g/mol. The van der Waals surface area contributed by atoms with Gasteiger partial charge in [0.05, 0.1) is 22.1 Å². The fraction of sp³-hybridized carbons (Fsp3) is 0.404. The predicted molar refractivity (Wildman–Crippen MR) is 429 cm³/mol. The number of hydrogen-bond donors (Lipinski definition) is 1. The maximum absolute atomic E-state index is 15.8. The molecule has 9 aromatic carbocycles. The number of nitrogens with one attached hydrogen (secondary N) is 1. The van der Waals surface area contributed by atoms with Crippen LogP contribution < -0.4 is 29.8 Å². The summed E-state index contributed by atoms with van der Waals surface area (Å²) in [5.41, 5.74) is 19.0. The van der Waals surface area contributed by atoms with Gasteiger partial charge in [0.1, 0.15) is 49.4 Å². The summed E-state index contributed by atoms with van der Waals surface area (Å²) in [6.45, 7) is 55.9. The van der Waals surface area contributed by atoms with Gasteiger partial charge in [-0.2, -0.15) is 0 Å². The summed E-state index contributed by atoms with van der Waals surface area (Å²) in [6, 6.07) is 57.5. The van der Waals surface area contributed by atoms with Crippen molar-refractivity contribution in [1.29, 1.82) is 0 Å². The van der Waals surface area contributed by atoms with E-state index in [1.807, 2.05) is 66.7 Å². The first kappa shape index (κ1) is 74.3. The van der Waals surface area contributed by atoms with Crippen LogP contribution >= 0.6 is 0 Å². The lowest BCUT2D eigenvalue weighted by Crippen LogP contribution is -2.17. The van der Waals surface area contributed by atoms with Crippen LogP contribution in [-0.2, 0) is 82.7 Å². The Hall–Kier alpha value is -8.88. The summed E-state index contributed by atoms with van der Waals surface area (Å²) in [7, 11) is 0. The molecule has 11 aromatic rings. The van der Waals surface area contributed by atoms with Gasteiger partial charge in [-0.15, -0.1) is 0 Å². The first-order valence-electron chi connectivity index (χ1n) is 36.7. The average Bonchev–Trinajstić information content (AvgIpc) is 0.730. The number of nitrogens with zero attached hydrogens (tertiary/aromatic N) is 1. The van der Waals surface area contributed by atoms with E-state index in [1.54, 1.807) is 0 Å². The van der Waals surface area contributed by atoms with Gasteiger partial charge < -0.3 is 28.5 Å². The molecule has 0 radical (unpaired) electrons. The molecule has 2 aromatic heterocycles. The molecule has 8 heteroatoms. The van der Waals surface area contributed by atoms with E-state index < -0.39 is 0 Å². The molecule has 534 valence electrons. The van der Waals surface area contributed by atoms with Crippen molar-refractivity contribution in [2.45, 2.75) is 249 Å². The second-order valence-electron chi connectivity index (χ2n) is 37.3. The van der Waals surface area contributed by atoms with E-state index in [2.05, 4.69) is 273 Å². The van der Waals surface area contributed by atoms with E-state index >= 15 is 4.79 Å². The molecule has 0 aliphatic carbocycles. The molecule has 0 aliphatic rings. The highest BCUT2D eigenvalue weighted by molar-refractivity contribution is 6.04. The summed E-state index contributed by atoms with van der Waals surface area (Å²) in [6.07, 6.45) is 0.409. The minimum Gasteiger partial charge on any atom is -0.489 e. The molecule has 0 bridgehead atoms. The molecule has 0 saturated heterocycles. The fourth-order valence-corrected chi connectivity index (χ4v) is 13.5. The van der Waals surface area contributed by atoms with Crippen LogP contribution in [0.2, 0.25) is 0 Å². The van der Waals surface area contributed by atoms with Crippen LogP contribution in [0.4, 0.5) is 0 Å². The quantitative estimate of drug-likeness (QED) is 0.0969. The van der Waals surface area contributed by atoms with Crippen LogP contribution in [-0.4, -0.2) is 9.55 Å². The number of aromatic amines is 1. The van der Waals surface area contributed by atoms with Crippen molar-refractivity contribution in [3.05, 3.63) is 268 Å². The molecule has 0 saturated carbocycles. The molecule has 11 rings (SSSR count). The molecule has 0 aliphatic heterocycles. The Bertz CT molecular complexity index is 4790. The van der Waals surface area contributed by atoms with Gasteiger partial charge in [0.2, 0.25) is 0 Å². The molecule has 0 spiro atoms. The first-order valence-corrected chi connectivity index (χ1v) is 36.7. The van der Waals surface area contributed by atoms with Crippen LogP contribution in [0, 0.1) is 0 Å². The largest absolute Gasteiger partial charge is 0.489 e. The monoisotopic (exact) mass is 1360 g/mol. The van der Waals surface area contributed by atoms with Gasteiger partial charge in [-0.3, -0.25) is 9.59 Å². The normalized spacial score (nSPS) is 13.0. The number of ether oxygens (including phenoxy) is 4. The van der Waals surface area contributed by atoms with Crippen molar-refractivity contribution in [3.63, 3.8) is 0 Å². The smallest absolute Gasteiger partial charge is 0.197 e. The fourth-order valence-electron chi connectivity index (χ4n) is 13.5. The zero-order valence-corrected chi connectivity index (χ0v) is 65.7. The SMILES string of the molecule is CC(C)(C)c1cc(COc2cc(Cc3cccc4[nH]c5cc6c(=O)c7ccccc7n(Cc7cc(OCc8cc(C(C)(C)C)cc(C(C)(C)C)c8)cc(OCc8cc(C(C)(C)C)cc(C(C)(C)C)c8)c7)c6cc5c(=O)c34)cc(OCc3cc(C(C)(C)C)cc(C(C)(C)C)c3)c2)cc(C(C)(C)C)c1. The molecule has 2 heterocycles. The van der Waals surface area contributed by atoms with Gasteiger partial charge >= 0.3 is 0 Å². The van der Waals surface area contributed by atoms with E-state index in [-0.39, 0.29) is 54.2 Å². The van der Waals surface area contributed by atoms with Gasteiger partial charge in [0.25, 0.3) is 0 Å². The van der Waals surface area contributed by atoms with Crippen LogP contribution in [0.25, 0.3) is 43.6 Å². The summed E-state index contributed by atoms with van der Waals surface area (Å²) >= 11 is 0. The molecule has 8 nitrogen and oxygen atoms in total. The van der Waals surface area contributed by atoms with Gasteiger partial charge in [-0.1, -0.05) is 263 Å². The number of para-hydroxylation sites is 1. The average molecular weight is 1370 g/mol. The van der Waals surface area contributed by atoms with Gasteiger partial charge in [-0.25, -0.2) is 0 Å². The second-order valence-corrected chi connectivity index (χ2v) is 37.3. The molecule has 0 unspecified atom stereocenters. The standard InChI is InChI=1S/C94H112N2O6/c1-87(2,3)65-33-60(34-66(45-65)88(4,5)6)54-99-73-41-58(42-74(49-73)100-55-61-35-67(89(7,8)9)46-68(36-61)90(10,11)12)32-64-28-27-30-80-84(64)86(98)78-52-83-79(51-81(78)95-80)85(97)77-29-25-26-31-82(77)96(83)53-59-43-75(101-56-62-37-69(91(13,14)15)47-70(38-62)92(16,17)18)50-76(44-59)102-57-63-39-71(93(19,20)21)48-72(40-63)94(22,23)24/h25-31,33-52H,32,53-57H2,1-24H3,(H,95,98). The molecule has 0 atom stereocenters. The topological polar surface area (TPSA) is 91.8 Å². The molecule has 1 N–H and O–H groups in total. The van der Waals surface area contributed by atoms with Crippen molar-refractivity contribution in [2.24, 2.45) is 0 Å². The lowest BCUT2D eigenvalue weighted by Gasteiger charge is -2.26. The Morgan fingerprint density at radius 2 is 0.637 bits per heavy atom. The number of rotatable bonds is 16. The third kappa shape index (κ3) is 17.1. The van der Waals surface area contributed by atoms with Crippen molar-refractivity contribution in [3.8, 4) is 23.0 Å². The van der Waals surface area contributed by atoms with E-state index in [0.29, 0.717) is 100 Å². The van der Waals surface area contributed by atoms with Crippen molar-refractivity contribution < 1.29 is 18.9 Å². The van der Waals surface area contributed by atoms with Crippen LogP contribution in [0.15, 0.2) is 173 Å². The maximum atomic E-state index is 15.8.